The van der Waals surface area contributed by atoms with Crippen molar-refractivity contribution in [3.8, 4) is 11.3 Å². The molecular formula is C22H19ClN4O4. The third-order valence-electron chi connectivity index (χ3n) is 5.04. The summed E-state index contributed by atoms with van der Waals surface area (Å²) >= 11 is 6.16. The number of nitrogens with one attached hydrogen (secondary N) is 2. The highest BCUT2D eigenvalue weighted by molar-refractivity contribution is 6.33. The highest BCUT2D eigenvalue weighted by Crippen LogP contribution is 2.29. The van der Waals surface area contributed by atoms with Crippen molar-refractivity contribution < 1.29 is 18.8 Å². The van der Waals surface area contributed by atoms with Gasteiger partial charge in [0.15, 0.2) is 11.7 Å². The number of aromatic nitrogens is 1. The number of rotatable bonds is 6. The predicted octanol–water partition coefficient (Wildman–Crippen LogP) is 3.43. The summed E-state index contributed by atoms with van der Waals surface area (Å²) in [4.78, 5) is 41.7. The largest absolute Gasteiger partial charge is 0.441 e. The normalized spacial score (nSPS) is 18.2. The van der Waals surface area contributed by atoms with Crippen molar-refractivity contribution in [2.75, 3.05) is 0 Å². The standard InChI is InChI=1S/C22H19ClN4O4/c1-22(14-7-3-2-4-8-14)20(29)27(21(30)25-22)26-18(28)11-12-19-24-13-17(31-19)15-9-5-6-10-16(15)23/h2-10,13H,11-12H2,1H3,(H,25,30)(H,26,28). The second kappa shape index (κ2) is 8.23. The Morgan fingerprint density at radius 1 is 1.16 bits per heavy atom. The lowest BCUT2D eigenvalue weighted by atomic mass is 9.92. The van der Waals surface area contributed by atoms with Gasteiger partial charge in [0.05, 0.1) is 11.2 Å². The smallest absolute Gasteiger partial charge is 0.344 e. The van der Waals surface area contributed by atoms with E-state index in [0.717, 1.165) is 0 Å². The number of aryl methyl sites for hydroxylation is 1. The number of amides is 4. The van der Waals surface area contributed by atoms with Crippen LogP contribution in [0.1, 0.15) is 24.8 Å². The molecule has 0 radical (unpaired) electrons. The Morgan fingerprint density at radius 2 is 1.87 bits per heavy atom. The summed E-state index contributed by atoms with van der Waals surface area (Å²) in [6, 6.07) is 15.3. The van der Waals surface area contributed by atoms with E-state index in [-0.39, 0.29) is 12.8 Å². The van der Waals surface area contributed by atoms with E-state index in [2.05, 4.69) is 15.7 Å². The van der Waals surface area contributed by atoms with Crippen molar-refractivity contribution in [2.24, 2.45) is 0 Å². The predicted molar refractivity (Wildman–Crippen MR) is 113 cm³/mol. The van der Waals surface area contributed by atoms with Crippen molar-refractivity contribution in [2.45, 2.75) is 25.3 Å². The number of imide groups is 1. The molecule has 3 aromatic rings. The van der Waals surface area contributed by atoms with Crippen molar-refractivity contribution in [1.29, 1.82) is 0 Å². The highest BCUT2D eigenvalue weighted by Gasteiger charge is 2.49. The number of hydrogen-bond acceptors (Lipinski definition) is 5. The van der Waals surface area contributed by atoms with Gasteiger partial charge in [0.2, 0.25) is 5.91 Å². The fourth-order valence-corrected chi connectivity index (χ4v) is 3.55. The van der Waals surface area contributed by atoms with Crippen LogP contribution in [-0.2, 0) is 21.5 Å². The second-order valence-electron chi connectivity index (χ2n) is 7.19. The SMILES string of the molecule is CC1(c2ccccc2)NC(=O)N(NC(=O)CCc2ncc(-c3ccccc3Cl)o2)C1=O. The van der Waals surface area contributed by atoms with Gasteiger partial charge in [-0.1, -0.05) is 54.1 Å². The zero-order valence-electron chi connectivity index (χ0n) is 16.6. The molecule has 1 saturated heterocycles. The molecule has 2 heterocycles. The van der Waals surface area contributed by atoms with E-state index in [1.807, 2.05) is 18.2 Å². The van der Waals surface area contributed by atoms with Crippen LogP contribution in [0.25, 0.3) is 11.3 Å². The molecule has 1 aromatic heterocycles. The summed E-state index contributed by atoms with van der Waals surface area (Å²) in [5, 5.41) is 3.87. The molecule has 0 bridgehead atoms. The van der Waals surface area contributed by atoms with E-state index >= 15 is 0 Å². The highest BCUT2D eigenvalue weighted by atomic mass is 35.5. The molecule has 2 aromatic carbocycles. The maximum Gasteiger partial charge on any atom is 0.344 e. The number of benzene rings is 2. The molecule has 1 unspecified atom stereocenters. The van der Waals surface area contributed by atoms with Crippen LogP contribution >= 0.6 is 11.6 Å². The van der Waals surface area contributed by atoms with Gasteiger partial charge in [0.25, 0.3) is 5.91 Å². The summed E-state index contributed by atoms with van der Waals surface area (Å²) < 4.78 is 5.67. The van der Waals surface area contributed by atoms with Crippen LogP contribution in [0.15, 0.2) is 65.2 Å². The molecule has 1 aliphatic rings. The Balaban J connectivity index is 1.38. The van der Waals surface area contributed by atoms with Gasteiger partial charge in [-0.3, -0.25) is 15.0 Å². The van der Waals surface area contributed by atoms with Crippen LogP contribution in [0.4, 0.5) is 4.79 Å². The topological polar surface area (TPSA) is 105 Å². The number of urea groups is 1. The van der Waals surface area contributed by atoms with Crippen LogP contribution in [0.5, 0.6) is 0 Å². The van der Waals surface area contributed by atoms with E-state index in [4.69, 9.17) is 16.0 Å². The molecule has 1 fully saturated rings. The molecule has 4 rings (SSSR count). The molecule has 4 amide bonds. The average molecular weight is 439 g/mol. The molecule has 0 saturated carbocycles. The third-order valence-corrected chi connectivity index (χ3v) is 5.37. The maximum atomic E-state index is 12.8. The Hall–Kier alpha value is -3.65. The third kappa shape index (κ3) is 4.02. The zero-order valence-corrected chi connectivity index (χ0v) is 17.3. The zero-order chi connectivity index (χ0) is 22.0. The number of hydrogen-bond donors (Lipinski definition) is 2. The summed E-state index contributed by atoms with van der Waals surface area (Å²) in [7, 11) is 0. The monoisotopic (exact) mass is 438 g/mol. The molecule has 0 spiro atoms. The van der Waals surface area contributed by atoms with E-state index in [1.165, 1.54) is 6.20 Å². The van der Waals surface area contributed by atoms with Gasteiger partial charge < -0.3 is 9.73 Å². The van der Waals surface area contributed by atoms with Crippen molar-refractivity contribution in [1.82, 2.24) is 20.7 Å². The van der Waals surface area contributed by atoms with Crippen LogP contribution in [0.3, 0.4) is 0 Å². The Morgan fingerprint density at radius 3 is 2.61 bits per heavy atom. The molecular weight excluding hydrogens is 420 g/mol. The van der Waals surface area contributed by atoms with Gasteiger partial charge in [-0.2, -0.15) is 5.01 Å². The van der Waals surface area contributed by atoms with Crippen molar-refractivity contribution in [3.63, 3.8) is 0 Å². The van der Waals surface area contributed by atoms with E-state index in [1.54, 1.807) is 43.3 Å². The molecule has 2 N–H and O–H groups in total. The van der Waals surface area contributed by atoms with E-state index < -0.39 is 23.4 Å². The second-order valence-corrected chi connectivity index (χ2v) is 7.60. The van der Waals surface area contributed by atoms with Crippen molar-refractivity contribution in [3.05, 3.63) is 77.3 Å². The van der Waals surface area contributed by atoms with E-state index in [0.29, 0.717) is 32.8 Å². The number of halogens is 1. The lowest BCUT2D eigenvalue weighted by molar-refractivity contribution is -0.139. The minimum Gasteiger partial charge on any atom is -0.441 e. The quantitative estimate of drug-likeness (QED) is 0.574. The summed E-state index contributed by atoms with van der Waals surface area (Å²) in [5.74, 6) is -0.238. The minimum absolute atomic E-state index is 0.0262. The lowest BCUT2D eigenvalue weighted by Gasteiger charge is -2.22. The molecule has 8 nitrogen and oxygen atoms in total. The molecule has 31 heavy (non-hydrogen) atoms. The van der Waals surface area contributed by atoms with Gasteiger partial charge >= 0.3 is 6.03 Å². The number of oxazole rings is 1. The fourth-order valence-electron chi connectivity index (χ4n) is 3.32. The van der Waals surface area contributed by atoms with Gasteiger partial charge in [-0.05, 0) is 24.6 Å². The number of nitrogens with zero attached hydrogens (tertiary/aromatic N) is 2. The van der Waals surface area contributed by atoms with Gasteiger partial charge in [-0.15, -0.1) is 0 Å². The van der Waals surface area contributed by atoms with E-state index in [9.17, 15) is 14.4 Å². The van der Waals surface area contributed by atoms with Crippen molar-refractivity contribution >= 4 is 29.4 Å². The minimum atomic E-state index is -1.25. The number of hydrazine groups is 1. The first-order valence-corrected chi connectivity index (χ1v) is 9.97. The van der Waals surface area contributed by atoms with Crippen LogP contribution in [-0.4, -0.2) is 27.8 Å². The Kier molecular flexibility index (Phi) is 5.48. The lowest BCUT2D eigenvalue weighted by Crippen LogP contribution is -2.48. The Labute approximate surface area is 183 Å². The van der Waals surface area contributed by atoms with Crippen LogP contribution < -0.4 is 10.7 Å². The first kappa shape index (κ1) is 20.6. The molecule has 158 valence electrons. The van der Waals surface area contributed by atoms with Gasteiger partial charge in [0, 0.05) is 18.4 Å². The Bertz CT molecular complexity index is 1150. The summed E-state index contributed by atoms with van der Waals surface area (Å²) in [6.45, 7) is 1.59. The number of carbonyl (C=O) groups is 3. The molecule has 0 aliphatic carbocycles. The number of carbonyl (C=O) groups excluding carboxylic acids is 3. The first-order valence-electron chi connectivity index (χ1n) is 9.60. The molecule has 1 aliphatic heterocycles. The fraction of sp³-hybridized carbons (Fsp3) is 0.182. The average Bonchev–Trinajstić information content (AvgIpc) is 3.32. The maximum absolute atomic E-state index is 12.8. The summed E-state index contributed by atoms with van der Waals surface area (Å²) in [5.41, 5.74) is 2.43. The first-order chi connectivity index (χ1) is 14.9. The molecule has 1 atom stereocenters. The van der Waals surface area contributed by atoms with Crippen LogP contribution in [0, 0.1) is 0 Å². The summed E-state index contributed by atoms with van der Waals surface area (Å²) in [6.07, 6.45) is 1.70. The van der Waals surface area contributed by atoms with Crippen LogP contribution in [0.2, 0.25) is 5.02 Å². The molecule has 9 heteroatoms. The van der Waals surface area contributed by atoms with Gasteiger partial charge in [0.1, 0.15) is 5.54 Å². The van der Waals surface area contributed by atoms with Gasteiger partial charge in [-0.25, -0.2) is 9.78 Å².